The van der Waals surface area contributed by atoms with Crippen LogP contribution in [0.4, 0.5) is 0 Å². The molecule has 2 fully saturated rings. The lowest BCUT2D eigenvalue weighted by atomic mass is 9.71. The molecule has 1 spiro atoms. The quantitative estimate of drug-likeness (QED) is 0.852. The first-order chi connectivity index (χ1) is 10.5. The Morgan fingerprint density at radius 2 is 1.83 bits per heavy atom. The van der Waals surface area contributed by atoms with Gasteiger partial charge in [0.1, 0.15) is 0 Å². The summed E-state index contributed by atoms with van der Waals surface area (Å²) in [6.07, 6.45) is 1.97. The number of halogens is 3. The fraction of sp³-hybridized carbons (Fsp3) is 0.588. The zero-order chi connectivity index (χ0) is 15.7. The first kappa shape index (κ1) is 21.5. The second-order valence-electron chi connectivity index (χ2n) is 6.85. The van der Waals surface area contributed by atoms with E-state index in [9.17, 15) is 9.90 Å². The van der Waals surface area contributed by atoms with Crippen molar-refractivity contribution in [3.05, 3.63) is 34.9 Å². The van der Waals surface area contributed by atoms with Crippen molar-refractivity contribution in [2.45, 2.75) is 19.4 Å². The van der Waals surface area contributed by atoms with Gasteiger partial charge in [-0.05, 0) is 50.7 Å². The minimum absolute atomic E-state index is 0. The Morgan fingerprint density at radius 1 is 1.25 bits per heavy atom. The summed E-state index contributed by atoms with van der Waals surface area (Å²) < 4.78 is 0. The SMILES string of the molecule is CN1CCC2(CC1)CN(Cc1ccc(Cl)cc1)CC2C(=O)O.Cl.Cl. The van der Waals surface area contributed by atoms with Crippen LogP contribution in [-0.2, 0) is 11.3 Å². The van der Waals surface area contributed by atoms with E-state index in [1.165, 1.54) is 5.56 Å². The van der Waals surface area contributed by atoms with Gasteiger partial charge in [0, 0.05) is 30.1 Å². The van der Waals surface area contributed by atoms with Crippen LogP contribution in [0.15, 0.2) is 24.3 Å². The number of aliphatic carboxylic acids is 1. The van der Waals surface area contributed by atoms with E-state index in [2.05, 4.69) is 16.8 Å². The van der Waals surface area contributed by atoms with E-state index in [0.717, 1.165) is 44.0 Å². The van der Waals surface area contributed by atoms with Gasteiger partial charge < -0.3 is 10.0 Å². The average molecular weight is 396 g/mol. The molecule has 0 saturated carbocycles. The number of carbonyl (C=O) groups is 1. The van der Waals surface area contributed by atoms with Gasteiger partial charge in [0.25, 0.3) is 0 Å². The highest BCUT2D eigenvalue weighted by Gasteiger charge is 2.50. The molecule has 1 aromatic carbocycles. The number of carboxylic acid groups (broad SMARTS) is 1. The summed E-state index contributed by atoms with van der Waals surface area (Å²) in [7, 11) is 2.11. The molecular weight excluding hydrogens is 371 g/mol. The Kier molecular flexibility index (Phi) is 7.82. The molecular formula is C17H25Cl3N2O2. The topological polar surface area (TPSA) is 43.8 Å². The third-order valence-electron chi connectivity index (χ3n) is 5.32. The van der Waals surface area contributed by atoms with Crippen molar-refractivity contribution in [3.63, 3.8) is 0 Å². The minimum Gasteiger partial charge on any atom is -0.481 e. The molecule has 0 amide bonds. The number of piperidine rings is 1. The van der Waals surface area contributed by atoms with Crippen molar-refractivity contribution in [1.29, 1.82) is 0 Å². The third-order valence-corrected chi connectivity index (χ3v) is 5.57. The van der Waals surface area contributed by atoms with Gasteiger partial charge in [-0.3, -0.25) is 9.69 Å². The molecule has 4 nitrogen and oxygen atoms in total. The van der Waals surface area contributed by atoms with E-state index in [0.29, 0.717) is 6.54 Å². The standard InChI is InChI=1S/C17H23ClN2O2.2ClH/c1-19-8-6-17(7-9-19)12-20(11-15(17)16(21)22)10-13-2-4-14(18)5-3-13;;/h2-5,15H,6-12H2,1H3,(H,21,22);2*1H. The molecule has 0 aromatic heterocycles. The Morgan fingerprint density at radius 3 is 2.38 bits per heavy atom. The molecule has 1 unspecified atom stereocenters. The molecule has 0 bridgehead atoms. The molecule has 0 radical (unpaired) electrons. The molecule has 2 aliphatic rings. The van der Waals surface area contributed by atoms with Crippen molar-refractivity contribution >= 4 is 42.4 Å². The molecule has 24 heavy (non-hydrogen) atoms. The fourth-order valence-corrected chi connectivity index (χ4v) is 4.08. The van der Waals surface area contributed by atoms with Crippen molar-refractivity contribution < 1.29 is 9.90 Å². The normalized spacial score (nSPS) is 23.5. The Bertz CT molecular complexity index is 545. The second kappa shape index (κ2) is 8.72. The summed E-state index contributed by atoms with van der Waals surface area (Å²) in [6.45, 7) is 4.35. The van der Waals surface area contributed by atoms with Crippen LogP contribution < -0.4 is 0 Å². The molecule has 1 atom stereocenters. The number of hydrogen-bond acceptors (Lipinski definition) is 3. The minimum atomic E-state index is -0.636. The van der Waals surface area contributed by atoms with Crippen LogP contribution >= 0.6 is 36.4 Å². The lowest BCUT2D eigenvalue weighted by molar-refractivity contribution is -0.145. The first-order valence-electron chi connectivity index (χ1n) is 7.87. The van der Waals surface area contributed by atoms with Crippen LogP contribution in [0.2, 0.25) is 5.02 Å². The molecule has 1 N–H and O–H groups in total. The van der Waals surface area contributed by atoms with E-state index >= 15 is 0 Å². The Labute approximate surface area is 161 Å². The van der Waals surface area contributed by atoms with E-state index in [4.69, 9.17) is 11.6 Å². The van der Waals surface area contributed by atoms with Gasteiger partial charge in [-0.25, -0.2) is 0 Å². The molecule has 0 aliphatic carbocycles. The smallest absolute Gasteiger partial charge is 0.308 e. The molecule has 2 aliphatic heterocycles. The molecule has 2 heterocycles. The predicted molar refractivity (Wildman–Crippen MR) is 102 cm³/mol. The van der Waals surface area contributed by atoms with E-state index in [1.807, 2.05) is 24.3 Å². The number of benzene rings is 1. The highest BCUT2D eigenvalue weighted by molar-refractivity contribution is 6.30. The number of hydrogen-bond donors (Lipinski definition) is 1. The Balaban J connectivity index is 0.00000144. The molecule has 136 valence electrons. The zero-order valence-corrected chi connectivity index (χ0v) is 16.2. The van der Waals surface area contributed by atoms with Crippen LogP contribution in [0.5, 0.6) is 0 Å². The summed E-state index contributed by atoms with van der Waals surface area (Å²) in [4.78, 5) is 16.3. The summed E-state index contributed by atoms with van der Waals surface area (Å²) in [6, 6.07) is 7.84. The monoisotopic (exact) mass is 394 g/mol. The average Bonchev–Trinajstić information content (AvgIpc) is 2.83. The van der Waals surface area contributed by atoms with Gasteiger partial charge >= 0.3 is 5.97 Å². The van der Waals surface area contributed by atoms with Gasteiger partial charge in [0.05, 0.1) is 5.92 Å². The van der Waals surface area contributed by atoms with Gasteiger partial charge in [-0.1, -0.05) is 23.7 Å². The van der Waals surface area contributed by atoms with Gasteiger partial charge in [0.15, 0.2) is 0 Å². The van der Waals surface area contributed by atoms with Crippen molar-refractivity contribution in [1.82, 2.24) is 9.80 Å². The maximum Gasteiger partial charge on any atom is 0.308 e. The van der Waals surface area contributed by atoms with Crippen molar-refractivity contribution in [2.24, 2.45) is 11.3 Å². The highest BCUT2D eigenvalue weighted by atomic mass is 35.5. The van der Waals surface area contributed by atoms with Crippen LogP contribution in [-0.4, -0.2) is 54.1 Å². The molecule has 7 heteroatoms. The van der Waals surface area contributed by atoms with E-state index in [1.54, 1.807) is 0 Å². The summed E-state index contributed by atoms with van der Waals surface area (Å²) >= 11 is 5.93. The number of nitrogens with zero attached hydrogens (tertiary/aromatic N) is 2. The first-order valence-corrected chi connectivity index (χ1v) is 8.24. The predicted octanol–water partition coefficient (Wildman–Crippen LogP) is 3.41. The summed E-state index contributed by atoms with van der Waals surface area (Å²) in [5.74, 6) is -0.878. The maximum absolute atomic E-state index is 11.7. The summed E-state index contributed by atoms with van der Waals surface area (Å²) in [5, 5.41) is 10.4. The molecule has 3 rings (SSSR count). The summed E-state index contributed by atoms with van der Waals surface area (Å²) in [5.41, 5.74) is 1.14. The van der Waals surface area contributed by atoms with E-state index in [-0.39, 0.29) is 36.1 Å². The lowest BCUT2D eigenvalue weighted by Gasteiger charge is -2.40. The second-order valence-corrected chi connectivity index (χ2v) is 7.29. The fourth-order valence-electron chi connectivity index (χ4n) is 3.95. The largest absolute Gasteiger partial charge is 0.481 e. The lowest BCUT2D eigenvalue weighted by Crippen LogP contribution is -2.44. The van der Waals surface area contributed by atoms with Crippen LogP contribution in [0.25, 0.3) is 0 Å². The third kappa shape index (κ3) is 4.55. The number of rotatable bonds is 3. The molecule has 1 aromatic rings. The zero-order valence-electron chi connectivity index (χ0n) is 13.8. The van der Waals surface area contributed by atoms with E-state index < -0.39 is 5.97 Å². The van der Waals surface area contributed by atoms with Crippen LogP contribution in [0.3, 0.4) is 0 Å². The van der Waals surface area contributed by atoms with Crippen molar-refractivity contribution in [3.8, 4) is 0 Å². The highest BCUT2D eigenvalue weighted by Crippen LogP contribution is 2.45. The Hall–Kier alpha value is -0.520. The van der Waals surface area contributed by atoms with Gasteiger partial charge in [0.2, 0.25) is 0 Å². The number of likely N-dealkylation sites (tertiary alicyclic amines) is 2. The molecule has 2 saturated heterocycles. The van der Waals surface area contributed by atoms with Crippen LogP contribution in [0.1, 0.15) is 18.4 Å². The van der Waals surface area contributed by atoms with Gasteiger partial charge in [-0.15, -0.1) is 24.8 Å². The maximum atomic E-state index is 11.7. The van der Waals surface area contributed by atoms with Crippen molar-refractivity contribution in [2.75, 3.05) is 33.2 Å². The van der Waals surface area contributed by atoms with Gasteiger partial charge in [-0.2, -0.15) is 0 Å². The van der Waals surface area contributed by atoms with Crippen LogP contribution in [0, 0.1) is 11.3 Å². The number of carboxylic acids is 1.